The molecule has 0 aliphatic carbocycles. The summed E-state index contributed by atoms with van der Waals surface area (Å²) < 4.78 is 11.3. The zero-order chi connectivity index (χ0) is 23.0. The fraction of sp³-hybridized carbons (Fsp3) is 0.130. The van der Waals surface area contributed by atoms with Gasteiger partial charge in [0.2, 0.25) is 5.89 Å². The maximum absolute atomic E-state index is 12.8. The molecule has 0 radical (unpaired) electrons. The SMILES string of the molecule is COc1ccc(-c2nc3cc(C)c(C)cc3o2)cc1NC(=O)c1cc([N+](=O)[O-])ccc1Cl. The number of aryl methyl sites for hydroxylation is 2. The maximum Gasteiger partial charge on any atom is 0.270 e. The lowest BCUT2D eigenvalue weighted by atomic mass is 10.1. The van der Waals surface area contributed by atoms with Crippen LogP contribution in [0.15, 0.2) is 52.9 Å². The van der Waals surface area contributed by atoms with E-state index in [1.165, 1.54) is 19.2 Å². The van der Waals surface area contributed by atoms with E-state index in [-0.39, 0.29) is 16.3 Å². The Morgan fingerprint density at radius 1 is 1.12 bits per heavy atom. The van der Waals surface area contributed by atoms with Gasteiger partial charge >= 0.3 is 0 Å². The fourth-order valence-electron chi connectivity index (χ4n) is 3.23. The second kappa shape index (κ2) is 8.32. The number of benzene rings is 3. The molecule has 0 unspecified atom stereocenters. The number of anilines is 1. The van der Waals surface area contributed by atoms with Gasteiger partial charge in [0.15, 0.2) is 5.58 Å². The van der Waals surface area contributed by atoms with Gasteiger partial charge in [0.1, 0.15) is 11.3 Å². The molecule has 3 aromatic carbocycles. The molecule has 32 heavy (non-hydrogen) atoms. The van der Waals surface area contributed by atoms with Crippen LogP contribution in [0.4, 0.5) is 11.4 Å². The molecule has 0 spiro atoms. The van der Waals surface area contributed by atoms with Gasteiger partial charge in [0, 0.05) is 17.7 Å². The van der Waals surface area contributed by atoms with E-state index in [9.17, 15) is 14.9 Å². The van der Waals surface area contributed by atoms with Crippen molar-refractivity contribution >= 4 is 40.0 Å². The molecule has 0 bridgehead atoms. The number of nitrogens with zero attached hydrogens (tertiary/aromatic N) is 2. The molecule has 0 saturated heterocycles. The van der Waals surface area contributed by atoms with E-state index < -0.39 is 10.8 Å². The zero-order valence-electron chi connectivity index (χ0n) is 17.4. The summed E-state index contributed by atoms with van der Waals surface area (Å²) in [6.45, 7) is 4.00. The van der Waals surface area contributed by atoms with Gasteiger partial charge in [-0.2, -0.15) is 0 Å². The van der Waals surface area contributed by atoms with Crippen LogP contribution in [-0.2, 0) is 0 Å². The molecular formula is C23H18ClN3O5. The summed E-state index contributed by atoms with van der Waals surface area (Å²) in [6.07, 6.45) is 0. The Labute approximate surface area is 187 Å². The number of aromatic nitrogens is 1. The standard InChI is InChI=1S/C23H18ClN3O5/c1-12-8-18-21(9-13(12)2)32-23(26-18)14-4-7-20(31-3)19(10-14)25-22(28)16-11-15(27(29)30)5-6-17(16)24/h4-11H,1-3H3,(H,25,28). The molecule has 1 heterocycles. The highest BCUT2D eigenvalue weighted by atomic mass is 35.5. The van der Waals surface area contributed by atoms with Crippen LogP contribution in [0, 0.1) is 24.0 Å². The van der Waals surface area contributed by atoms with E-state index in [4.69, 9.17) is 20.8 Å². The largest absolute Gasteiger partial charge is 0.495 e. The first-order chi connectivity index (χ1) is 15.3. The van der Waals surface area contributed by atoms with Crippen LogP contribution in [0.1, 0.15) is 21.5 Å². The van der Waals surface area contributed by atoms with Crippen molar-refractivity contribution in [3.05, 3.63) is 80.4 Å². The number of non-ortho nitro benzene ring substituents is 1. The van der Waals surface area contributed by atoms with Gasteiger partial charge in [-0.3, -0.25) is 14.9 Å². The molecule has 162 valence electrons. The number of rotatable bonds is 5. The quantitative estimate of drug-likeness (QED) is 0.297. The van der Waals surface area contributed by atoms with Crippen LogP contribution < -0.4 is 10.1 Å². The van der Waals surface area contributed by atoms with Crippen molar-refractivity contribution in [1.29, 1.82) is 0 Å². The Hall–Kier alpha value is -3.91. The van der Waals surface area contributed by atoms with Crippen LogP contribution in [-0.4, -0.2) is 22.9 Å². The summed E-state index contributed by atoms with van der Waals surface area (Å²) in [5, 5.41) is 13.9. The molecule has 1 aromatic heterocycles. The Morgan fingerprint density at radius 2 is 1.88 bits per heavy atom. The molecule has 8 nitrogen and oxygen atoms in total. The number of hydrogen-bond donors (Lipinski definition) is 1. The zero-order valence-corrected chi connectivity index (χ0v) is 18.2. The minimum Gasteiger partial charge on any atom is -0.495 e. The Kier molecular flexibility index (Phi) is 5.54. The average Bonchev–Trinajstić information content (AvgIpc) is 3.16. The number of oxazole rings is 1. The number of hydrogen-bond acceptors (Lipinski definition) is 6. The van der Waals surface area contributed by atoms with Gasteiger partial charge in [0.05, 0.1) is 28.3 Å². The highest BCUT2D eigenvalue weighted by molar-refractivity contribution is 6.34. The number of halogens is 1. The highest BCUT2D eigenvalue weighted by Gasteiger charge is 2.19. The van der Waals surface area contributed by atoms with Crippen molar-refractivity contribution in [2.75, 3.05) is 12.4 Å². The number of nitro benzene ring substituents is 1. The first kappa shape index (κ1) is 21.3. The lowest BCUT2D eigenvalue weighted by Crippen LogP contribution is -2.13. The van der Waals surface area contributed by atoms with E-state index in [1.807, 2.05) is 26.0 Å². The third-order valence-corrected chi connectivity index (χ3v) is 5.43. The van der Waals surface area contributed by atoms with Crippen LogP contribution >= 0.6 is 11.6 Å². The van der Waals surface area contributed by atoms with Gasteiger partial charge < -0.3 is 14.5 Å². The summed E-state index contributed by atoms with van der Waals surface area (Å²) in [5.41, 5.74) is 4.29. The van der Waals surface area contributed by atoms with E-state index >= 15 is 0 Å². The number of carbonyl (C=O) groups is 1. The molecule has 1 amide bonds. The number of fused-ring (bicyclic) bond motifs is 1. The second-order valence-corrected chi connectivity index (χ2v) is 7.62. The van der Waals surface area contributed by atoms with Crippen molar-refractivity contribution in [2.24, 2.45) is 0 Å². The summed E-state index contributed by atoms with van der Waals surface area (Å²) in [4.78, 5) is 27.8. The number of amides is 1. The minimum absolute atomic E-state index is 0.0267. The average molecular weight is 452 g/mol. The normalized spacial score (nSPS) is 10.9. The summed E-state index contributed by atoms with van der Waals surface area (Å²) in [5.74, 6) is 0.168. The first-order valence-corrected chi connectivity index (χ1v) is 9.96. The molecule has 9 heteroatoms. The fourth-order valence-corrected chi connectivity index (χ4v) is 3.44. The molecule has 0 fully saturated rings. The summed E-state index contributed by atoms with van der Waals surface area (Å²) in [6, 6.07) is 12.6. The molecule has 4 rings (SSSR count). The van der Waals surface area contributed by atoms with E-state index in [1.54, 1.807) is 18.2 Å². The van der Waals surface area contributed by atoms with Crippen LogP contribution in [0.25, 0.3) is 22.6 Å². The number of carbonyl (C=O) groups excluding carboxylic acids is 1. The van der Waals surface area contributed by atoms with Crippen LogP contribution in [0.2, 0.25) is 5.02 Å². The van der Waals surface area contributed by atoms with Crippen molar-refractivity contribution in [3.8, 4) is 17.2 Å². The molecule has 0 atom stereocenters. The van der Waals surface area contributed by atoms with E-state index in [0.29, 0.717) is 28.5 Å². The van der Waals surface area contributed by atoms with Crippen molar-refractivity contribution in [3.63, 3.8) is 0 Å². The number of methoxy groups -OCH3 is 1. The Balaban J connectivity index is 1.71. The van der Waals surface area contributed by atoms with Gasteiger partial charge in [-0.15, -0.1) is 0 Å². The second-order valence-electron chi connectivity index (χ2n) is 7.21. The van der Waals surface area contributed by atoms with Gasteiger partial charge in [0.25, 0.3) is 11.6 Å². The first-order valence-electron chi connectivity index (χ1n) is 9.58. The Bertz CT molecular complexity index is 1340. The Morgan fingerprint density at radius 3 is 2.59 bits per heavy atom. The molecule has 4 aromatic rings. The predicted octanol–water partition coefficient (Wildman–Crippen LogP) is 5.93. The third-order valence-electron chi connectivity index (χ3n) is 5.10. The highest BCUT2D eigenvalue weighted by Crippen LogP contribution is 2.33. The third kappa shape index (κ3) is 4.00. The van der Waals surface area contributed by atoms with Gasteiger partial charge in [-0.25, -0.2) is 4.98 Å². The molecular weight excluding hydrogens is 434 g/mol. The topological polar surface area (TPSA) is 108 Å². The maximum atomic E-state index is 12.8. The van der Waals surface area contributed by atoms with Gasteiger partial charge in [-0.1, -0.05) is 11.6 Å². The van der Waals surface area contributed by atoms with Crippen molar-refractivity contribution in [2.45, 2.75) is 13.8 Å². The molecule has 1 N–H and O–H groups in total. The predicted molar refractivity (Wildman–Crippen MR) is 122 cm³/mol. The van der Waals surface area contributed by atoms with Gasteiger partial charge in [-0.05, 0) is 61.4 Å². The molecule has 0 aliphatic heterocycles. The molecule has 0 saturated carbocycles. The monoisotopic (exact) mass is 451 g/mol. The minimum atomic E-state index is -0.613. The summed E-state index contributed by atoms with van der Waals surface area (Å²) >= 11 is 6.09. The number of ether oxygens (including phenoxy) is 1. The van der Waals surface area contributed by atoms with Crippen LogP contribution in [0.3, 0.4) is 0 Å². The van der Waals surface area contributed by atoms with Crippen molar-refractivity contribution < 1.29 is 18.9 Å². The number of nitro groups is 1. The smallest absolute Gasteiger partial charge is 0.270 e. The van der Waals surface area contributed by atoms with Crippen LogP contribution in [0.5, 0.6) is 5.75 Å². The lowest BCUT2D eigenvalue weighted by molar-refractivity contribution is -0.384. The van der Waals surface area contributed by atoms with Crippen molar-refractivity contribution in [1.82, 2.24) is 4.98 Å². The molecule has 0 aliphatic rings. The van der Waals surface area contributed by atoms with E-state index in [2.05, 4.69) is 10.3 Å². The summed E-state index contributed by atoms with van der Waals surface area (Å²) in [7, 11) is 1.47. The lowest BCUT2D eigenvalue weighted by Gasteiger charge is -2.12. The number of nitrogens with one attached hydrogen (secondary N) is 1. The van der Waals surface area contributed by atoms with E-state index in [0.717, 1.165) is 22.7 Å².